The van der Waals surface area contributed by atoms with Crippen molar-refractivity contribution in [2.75, 3.05) is 6.54 Å². The van der Waals surface area contributed by atoms with Gasteiger partial charge in [0.05, 0.1) is 6.04 Å². The Labute approximate surface area is 125 Å². The molecule has 1 aromatic carbocycles. The molecule has 2 aliphatic rings. The van der Waals surface area contributed by atoms with Crippen LogP contribution in [0.5, 0.6) is 5.75 Å². The van der Waals surface area contributed by atoms with Crippen molar-refractivity contribution in [2.24, 2.45) is 5.92 Å². The van der Waals surface area contributed by atoms with Crippen LogP contribution in [0.4, 0.5) is 0 Å². The van der Waals surface area contributed by atoms with E-state index in [0.717, 1.165) is 16.4 Å². The molecule has 1 N–H and O–H groups in total. The molecule has 1 aromatic rings. The van der Waals surface area contributed by atoms with Gasteiger partial charge in [0.2, 0.25) is 0 Å². The van der Waals surface area contributed by atoms with Crippen LogP contribution in [0.2, 0.25) is 0 Å². The first-order chi connectivity index (χ1) is 9.43. The maximum atomic E-state index is 6.34. The quantitative estimate of drug-likeness (QED) is 0.667. The topological polar surface area (TPSA) is 24.5 Å². The number of ether oxygens (including phenoxy) is 1. The van der Waals surface area contributed by atoms with Gasteiger partial charge in [0.15, 0.2) is 10.8 Å². The molecule has 3 rings (SSSR count). The number of rotatable bonds is 2. The second-order valence-corrected chi connectivity index (χ2v) is 6.34. The van der Waals surface area contributed by atoms with Gasteiger partial charge in [-0.3, -0.25) is 0 Å². The van der Waals surface area contributed by atoms with E-state index in [9.17, 15) is 0 Å². The van der Waals surface area contributed by atoms with Crippen LogP contribution in [0.25, 0.3) is 0 Å². The highest BCUT2D eigenvalue weighted by atomic mass is 32.1. The van der Waals surface area contributed by atoms with Crippen LogP contribution in [0, 0.1) is 5.92 Å². The van der Waals surface area contributed by atoms with Crippen molar-refractivity contribution in [1.82, 2.24) is 10.2 Å². The highest BCUT2D eigenvalue weighted by molar-refractivity contribution is 7.80. The highest BCUT2D eigenvalue weighted by Crippen LogP contribution is 2.47. The van der Waals surface area contributed by atoms with E-state index in [4.69, 9.17) is 17.0 Å². The molecule has 2 aliphatic heterocycles. The fourth-order valence-corrected chi connectivity index (χ4v) is 3.51. The van der Waals surface area contributed by atoms with Crippen molar-refractivity contribution >= 4 is 17.3 Å². The summed E-state index contributed by atoms with van der Waals surface area (Å²) in [4.78, 5) is 2.11. The third kappa shape index (κ3) is 1.82. The molecule has 4 heteroatoms. The third-order valence-corrected chi connectivity index (χ3v) is 4.74. The molecule has 0 amide bonds. The Morgan fingerprint density at radius 3 is 2.90 bits per heavy atom. The number of nitrogens with one attached hydrogen (secondary N) is 1. The van der Waals surface area contributed by atoms with E-state index in [1.165, 1.54) is 5.56 Å². The monoisotopic (exact) mass is 288 g/mol. The van der Waals surface area contributed by atoms with Crippen molar-refractivity contribution in [1.29, 1.82) is 0 Å². The van der Waals surface area contributed by atoms with Crippen molar-refractivity contribution in [2.45, 2.75) is 32.5 Å². The Hall–Kier alpha value is -1.55. The van der Waals surface area contributed by atoms with Gasteiger partial charge < -0.3 is 15.0 Å². The number of hydrogen-bond donors (Lipinski definition) is 1. The SMILES string of the molecule is C=C(C)CN1C(=S)NC2c3ccccc3OC1(C)C2C. The lowest BCUT2D eigenvalue weighted by Gasteiger charge is -2.56. The zero-order valence-electron chi connectivity index (χ0n) is 12.1. The molecule has 106 valence electrons. The van der Waals surface area contributed by atoms with Crippen LogP contribution < -0.4 is 10.1 Å². The molecular formula is C16H20N2OS. The minimum absolute atomic E-state index is 0.207. The van der Waals surface area contributed by atoms with E-state index in [2.05, 4.69) is 36.7 Å². The van der Waals surface area contributed by atoms with E-state index in [0.29, 0.717) is 12.5 Å². The number of thiocarbonyl (C=S) groups is 1. The molecule has 0 aliphatic carbocycles. The smallest absolute Gasteiger partial charge is 0.187 e. The number of para-hydroxylation sites is 1. The summed E-state index contributed by atoms with van der Waals surface area (Å²) in [5, 5.41) is 4.21. The first-order valence-corrected chi connectivity index (χ1v) is 7.35. The summed E-state index contributed by atoms with van der Waals surface area (Å²) in [6.45, 7) is 11.1. The number of nitrogens with zero attached hydrogens (tertiary/aromatic N) is 1. The molecule has 20 heavy (non-hydrogen) atoms. The third-order valence-electron chi connectivity index (χ3n) is 4.40. The van der Waals surface area contributed by atoms with E-state index >= 15 is 0 Å². The average molecular weight is 288 g/mol. The van der Waals surface area contributed by atoms with Crippen LogP contribution in [-0.2, 0) is 0 Å². The fourth-order valence-electron chi connectivity index (χ4n) is 3.14. The molecule has 3 nitrogen and oxygen atoms in total. The summed E-state index contributed by atoms with van der Waals surface area (Å²) in [6, 6.07) is 8.40. The van der Waals surface area contributed by atoms with E-state index < -0.39 is 5.72 Å². The van der Waals surface area contributed by atoms with Gasteiger partial charge in [-0.1, -0.05) is 37.3 Å². The molecule has 0 saturated carbocycles. The highest BCUT2D eigenvalue weighted by Gasteiger charge is 2.52. The molecule has 3 atom stereocenters. The zero-order chi connectivity index (χ0) is 14.5. The van der Waals surface area contributed by atoms with Gasteiger partial charge in [-0.05, 0) is 32.1 Å². The molecule has 0 spiro atoms. The van der Waals surface area contributed by atoms with Crippen LogP contribution in [-0.4, -0.2) is 22.3 Å². The van der Waals surface area contributed by atoms with Crippen molar-refractivity contribution < 1.29 is 4.74 Å². The van der Waals surface area contributed by atoms with E-state index in [-0.39, 0.29) is 6.04 Å². The number of hydrogen-bond acceptors (Lipinski definition) is 2. The lowest BCUT2D eigenvalue weighted by molar-refractivity contribution is -0.107. The maximum Gasteiger partial charge on any atom is 0.187 e. The Kier molecular flexibility index (Phi) is 3.01. The summed E-state index contributed by atoms with van der Waals surface area (Å²) in [5.41, 5.74) is 1.83. The minimum Gasteiger partial charge on any atom is -0.467 e. The minimum atomic E-state index is -0.430. The summed E-state index contributed by atoms with van der Waals surface area (Å²) >= 11 is 5.55. The standard InChI is InChI=1S/C16H20N2OS/c1-10(2)9-18-15(20)17-14-11(3)16(18,4)19-13-8-6-5-7-12(13)14/h5-8,11,14H,1,9H2,2-4H3,(H,17,20). The fraction of sp³-hybridized carbons (Fsp3) is 0.438. The Bertz CT molecular complexity index is 586. The number of benzene rings is 1. The first kappa shape index (κ1) is 13.4. The van der Waals surface area contributed by atoms with Gasteiger partial charge in [0.25, 0.3) is 0 Å². The van der Waals surface area contributed by atoms with E-state index in [1.807, 2.05) is 25.1 Å². The Morgan fingerprint density at radius 2 is 2.20 bits per heavy atom. The van der Waals surface area contributed by atoms with Crippen LogP contribution in [0.1, 0.15) is 32.4 Å². The summed E-state index contributed by atoms with van der Waals surface area (Å²) in [7, 11) is 0. The zero-order valence-corrected chi connectivity index (χ0v) is 13.0. The summed E-state index contributed by atoms with van der Waals surface area (Å²) in [5.74, 6) is 1.24. The van der Waals surface area contributed by atoms with Gasteiger partial charge in [-0.25, -0.2) is 0 Å². The van der Waals surface area contributed by atoms with Gasteiger partial charge in [-0.15, -0.1) is 0 Å². The Balaban J connectivity index is 2.08. The largest absolute Gasteiger partial charge is 0.467 e. The predicted octanol–water partition coefficient (Wildman–Crippen LogP) is 3.24. The second-order valence-electron chi connectivity index (χ2n) is 5.95. The van der Waals surface area contributed by atoms with Gasteiger partial charge >= 0.3 is 0 Å². The second kappa shape index (κ2) is 4.48. The molecule has 2 heterocycles. The molecule has 0 aromatic heterocycles. The lowest BCUT2D eigenvalue weighted by Crippen LogP contribution is -2.69. The van der Waals surface area contributed by atoms with Crippen molar-refractivity contribution in [3.63, 3.8) is 0 Å². The summed E-state index contributed by atoms with van der Waals surface area (Å²) in [6.07, 6.45) is 0. The number of fused-ring (bicyclic) bond motifs is 4. The van der Waals surface area contributed by atoms with Crippen molar-refractivity contribution in [3.05, 3.63) is 42.0 Å². The normalized spacial score (nSPS) is 31.1. The van der Waals surface area contributed by atoms with Gasteiger partial charge in [0, 0.05) is 18.0 Å². The molecular weight excluding hydrogens is 268 g/mol. The molecule has 3 unspecified atom stereocenters. The lowest BCUT2D eigenvalue weighted by atomic mass is 9.81. The first-order valence-electron chi connectivity index (χ1n) is 6.94. The van der Waals surface area contributed by atoms with Crippen LogP contribution in [0.15, 0.2) is 36.4 Å². The predicted molar refractivity (Wildman–Crippen MR) is 84.6 cm³/mol. The van der Waals surface area contributed by atoms with Crippen LogP contribution >= 0.6 is 12.2 Å². The molecule has 1 saturated heterocycles. The average Bonchev–Trinajstić information content (AvgIpc) is 2.39. The van der Waals surface area contributed by atoms with Gasteiger partial charge in [0.1, 0.15) is 5.75 Å². The molecule has 2 bridgehead atoms. The van der Waals surface area contributed by atoms with Crippen LogP contribution in [0.3, 0.4) is 0 Å². The van der Waals surface area contributed by atoms with Gasteiger partial charge in [-0.2, -0.15) is 0 Å². The van der Waals surface area contributed by atoms with E-state index in [1.54, 1.807) is 0 Å². The van der Waals surface area contributed by atoms with Crippen molar-refractivity contribution in [3.8, 4) is 5.75 Å². The molecule has 1 fully saturated rings. The maximum absolute atomic E-state index is 6.34. The Morgan fingerprint density at radius 1 is 1.50 bits per heavy atom. The molecule has 0 radical (unpaired) electrons. The summed E-state index contributed by atoms with van der Waals surface area (Å²) < 4.78 is 6.34.